The highest BCUT2D eigenvalue weighted by Crippen LogP contribution is 2.04. The zero-order chi connectivity index (χ0) is 2.99. The normalized spacial score (nSPS) is 31.8. The van der Waals surface area contributed by atoms with Crippen molar-refractivity contribution < 1.29 is 4.74 Å². The van der Waals surface area contributed by atoms with Crippen LogP contribution in [0.4, 0.5) is 0 Å². The Bertz CT molecular complexity index is 22.8. The van der Waals surface area contributed by atoms with Gasteiger partial charge in [-0.2, -0.15) is 0 Å². The summed E-state index contributed by atoms with van der Waals surface area (Å²) in [5.74, 6) is 0. The van der Waals surface area contributed by atoms with Crippen molar-refractivity contribution in [3.63, 3.8) is 0 Å². The molecule has 1 atom stereocenters. The van der Waals surface area contributed by atoms with Crippen LogP contribution in [0.1, 0.15) is 6.92 Å². The zero-order valence-corrected chi connectivity index (χ0v) is 3.19. The molecule has 1 heteroatoms. The second-order valence-electron chi connectivity index (χ2n) is 1.14. The van der Waals surface area contributed by atoms with Crippen molar-refractivity contribution in [1.29, 1.82) is 0 Å². The Morgan fingerprint density at radius 3 is 2.00 bits per heavy atom. The van der Waals surface area contributed by atoms with Crippen molar-refractivity contribution in [3.05, 3.63) is 7.43 Å². The molecule has 1 aliphatic rings. The highest BCUT2D eigenvalue weighted by atomic mass is 16.6. The van der Waals surface area contributed by atoms with Gasteiger partial charge in [0.2, 0.25) is 0 Å². The van der Waals surface area contributed by atoms with Crippen LogP contribution >= 0.6 is 0 Å². The van der Waals surface area contributed by atoms with Crippen LogP contribution in [-0.4, -0.2) is 12.7 Å². The van der Waals surface area contributed by atoms with Gasteiger partial charge in [-0.25, -0.2) is 0 Å². The lowest BCUT2D eigenvalue weighted by atomic mass is 10.6. The van der Waals surface area contributed by atoms with Crippen LogP contribution in [0, 0.1) is 7.43 Å². The predicted octanol–water partition coefficient (Wildman–Crippen LogP) is 0.486. The lowest BCUT2D eigenvalue weighted by molar-refractivity contribution is 0.423. The van der Waals surface area contributed by atoms with Gasteiger partial charge >= 0.3 is 0 Å². The minimum atomic E-state index is 0. The van der Waals surface area contributed by atoms with E-state index in [1.807, 2.05) is 0 Å². The zero-order valence-electron chi connectivity index (χ0n) is 3.19. The molecule has 1 unspecified atom stereocenters. The van der Waals surface area contributed by atoms with E-state index in [0.717, 1.165) is 6.61 Å². The summed E-state index contributed by atoms with van der Waals surface area (Å²) in [5, 5.41) is 0. The Kier molecular flexibility index (Phi) is 1.40. The number of rotatable bonds is 0. The first-order valence-corrected chi connectivity index (χ1v) is 1.51. The van der Waals surface area contributed by atoms with Gasteiger partial charge in [-0.05, 0) is 6.92 Å². The summed E-state index contributed by atoms with van der Waals surface area (Å²) >= 11 is 0. The number of epoxide rings is 1. The third kappa shape index (κ3) is 1.74. The van der Waals surface area contributed by atoms with E-state index in [1.165, 1.54) is 0 Å². The highest BCUT2D eigenvalue weighted by molar-refractivity contribution is 4.58. The molecule has 1 heterocycles. The van der Waals surface area contributed by atoms with E-state index in [0.29, 0.717) is 6.10 Å². The van der Waals surface area contributed by atoms with Gasteiger partial charge in [0.1, 0.15) is 0 Å². The molecule has 0 aromatic carbocycles. The molecular weight excluding hydrogens is 64.0 g/mol. The molecule has 0 aromatic heterocycles. The van der Waals surface area contributed by atoms with Crippen LogP contribution in [0.15, 0.2) is 0 Å². The molecular formula is C4H6O. The number of hydrogen-bond acceptors (Lipinski definition) is 1. The molecule has 4 radical (unpaired) electrons. The van der Waals surface area contributed by atoms with E-state index in [1.54, 1.807) is 0 Å². The first kappa shape index (κ1) is 4.96. The third-order valence-corrected chi connectivity index (χ3v) is 0.500. The summed E-state index contributed by atoms with van der Waals surface area (Å²) in [7, 11) is 0. The smallest absolute Gasteiger partial charge is 0.0781 e. The number of hydrogen-bond donors (Lipinski definition) is 0. The van der Waals surface area contributed by atoms with Crippen molar-refractivity contribution in [2.75, 3.05) is 6.61 Å². The first-order chi connectivity index (χ1) is 1.89. The Balaban J connectivity index is 0.000000160. The van der Waals surface area contributed by atoms with Crippen molar-refractivity contribution in [1.82, 2.24) is 0 Å². The van der Waals surface area contributed by atoms with Crippen LogP contribution in [0.5, 0.6) is 0 Å². The van der Waals surface area contributed by atoms with Gasteiger partial charge in [0, 0.05) is 7.43 Å². The molecule has 0 amide bonds. The second-order valence-corrected chi connectivity index (χ2v) is 1.14. The molecule has 28 valence electrons. The van der Waals surface area contributed by atoms with E-state index >= 15 is 0 Å². The van der Waals surface area contributed by atoms with Gasteiger partial charge in [0.25, 0.3) is 0 Å². The van der Waals surface area contributed by atoms with E-state index in [4.69, 9.17) is 4.74 Å². The maximum absolute atomic E-state index is 4.71. The molecule has 0 bridgehead atoms. The minimum Gasteiger partial charge on any atom is -0.373 e. The molecule has 0 N–H and O–H groups in total. The summed E-state index contributed by atoms with van der Waals surface area (Å²) < 4.78 is 4.71. The van der Waals surface area contributed by atoms with Crippen molar-refractivity contribution >= 4 is 0 Å². The second kappa shape index (κ2) is 1.41. The fourth-order valence-corrected chi connectivity index (χ4v) is 0.0962. The van der Waals surface area contributed by atoms with E-state index < -0.39 is 0 Å². The summed E-state index contributed by atoms with van der Waals surface area (Å²) in [5.41, 5.74) is 0. The van der Waals surface area contributed by atoms with Crippen LogP contribution in [0.2, 0.25) is 0 Å². The summed E-state index contributed by atoms with van der Waals surface area (Å²) in [6, 6.07) is 0. The maximum atomic E-state index is 4.71. The lowest BCUT2D eigenvalue weighted by Gasteiger charge is -1.50. The molecule has 1 saturated heterocycles. The van der Waals surface area contributed by atoms with Crippen LogP contribution in [-0.2, 0) is 4.74 Å². The third-order valence-electron chi connectivity index (χ3n) is 0.500. The largest absolute Gasteiger partial charge is 0.373 e. The Morgan fingerprint density at radius 1 is 1.80 bits per heavy atom. The SMILES string of the molecule is CC1CO1.[C]. The van der Waals surface area contributed by atoms with Gasteiger partial charge in [-0.15, -0.1) is 0 Å². The molecule has 1 fully saturated rings. The van der Waals surface area contributed by atoms with Gasteiger partial charge in [-0.3, -0.25) is 0 Å². The van der Waals surface area contributed by atoms with E-state index in [2.05, 4.69) is 6.92 Å². The van der Waals surface area contributed by atoms with Gasteiger partial charge < -0.3 is 4.74 Å². The lowest BCUT2D eigenvalue weighted by Crippen LogP contribution is -1.60. The van der Waals surface area contributed by atoms with Crippen molar-refractivity contribution in [3.8, 4) is 0 Å². The van der Waals surface area contributed by atoms with Gasteiger partial charge in [-0.1, -0.05) is 0 Å². The standard InChI is InChI=1S/C3H6O.C/c1-3-2-4-3;/h3H,2H2,1H3;. The molecule has 1 rings (SSSR count). The quantitative estimate of drug-likeness (QED) is 0.378. The molecule has 0 aromatic rings. The number of ether oxygens (including phenoxy) is 1. The van der Waals surface area contributed by atoms with Crippen molar-refractivity contribution in [2.45, 2.75) is 13.0 Å². The highest BCUT2D eigenvalue weighted by Gasteiger charge is 2.13. The first-order valence-electron chi connectivity index (χ1n) is 1.51. The fraction of sp³-hybridized carbons (Fsp3) is 0.750. The van der Waals surface area contributed by atoms with Gasteiger partial charge in [0.05, 0.1) is 12.7 Å². The molecule has 0 aliphatic carbocycles. The Hall–Kier alpha value is -0.0400. The summed E-state index contributed by atoms with van der Waals surface area (Å²) in [6.45, 7) is 3.04. The topological polar surface area (TPSA) is 12.5 Å². The molecule has 0 saturated carbocycles. The summed E-state index contributed by atoms with van der Waals surface area (Å²) in [6.07, 6.45) is 0.583. The summed E-state index contributed by atoms with van der Waals surface area (Å²) in [4.78, 5) is 0. The molecule has 0 spiro atoms. The minimum absolute atomic E-state index is 0. The molecule has 1 aliphatic heterocycles. The molecule has 1 nitrogen and oxygen atoms in total. The fourth-order valence-electron chi connectivity index (χ4n) is 0.0962. The monoisotopic (exact) mass is 70.0 g/mol. The van der Waals surface area contributed by atoms with E-state index in [-0.39, 0.29) is 7.43 Å². The maximum Gasteiger partial charge on any atom is 0.0781 e. The van der Waals surface area contributed by atoms with Crippen LogP contribution in [0.3, 0.4) is 0 Å². The Labute approximate surface area is 32.9 Å². The Morgan fingerprint density at radius 2 is 2.00 bits per heavy atom. The van der Waals surface area contributed by atoms with Crippen LogP contribution < -0.4 is 0 Å². The predicted molar refractivity (Wildman–Crippen MR) is 18.7 cm³/mol. The van der Waals surface area contributed by atoms with Crippen molar-refractivity contribution in [2.24, 2.45) is 0 Å². The molecule has 5 heavy (non-hydrogen) atoms. The van der Waals surface area contributed by atoms with E-state index in [9.17, 15) is 0 Å². The van der Waals surface area contributed by atoms with Crippen LogP contribution in [0.25, 0.3) is 0 Å². The van der Waals surface area contributed by atoms with Gasteiger partial charge in [0.15, 0.2) is 0 Å². The average molecular weight is 70.1 g/mol. The average Bonchev–Trinajstić information content (AvgIpc) is 1.75.